The molecule has 3 aromatic carbocycles. The zero-order valence-electron chi connectivity index (χ0n) is 26.1. The predicted octanol–water partition coefficient (Wildman–Crippen LogP) is 6.33. The normalized spacial score (nSPS) is 14.0. The summed E-state index contributed by atoms with van der Waals surface area (Å²) in [4.78, 5) is 22.9. The van der Waals surface area contributed by atoms with Gasteiger partial charge in [-0.3, -0.25) is 4.90 Å². The van der Waals surface area contributed by atoms with Crippen LogP contribution < -0.4 is 9.47 Å². The fraction of sp³-hybridized carbons (Fsp3) is 0.314. The lowest BCUT2D eigenvalue weighted by molar-refractivity contribution is 0.0696. The molecule has 2 aromatic heterocycles. The predicted molar refractivity (Wildman–Crippen MR) is 169 cm³/mol. The quantitative estimate of drug-likeness (QED) is 0.178. The van der Waals surface area contributed by atoms with Crippen molar-refractivity contribution in [1.82, 2.24) is 24.0 Å². The number of aromatic carboxylic acids is 1. The summed E-state index contributed by atoms with van der Waals surface area (Å²) < 4.78 is 45.2. The summed E-state index contributed by atoms with van der Waals surface area (Å²) in [6.45, 7) is 6.51. The minimum absolute atomic E-state index is 0.0202. The van der Waals surface area contributed by atoms with Gasteiger partial charge in [-0.1, -0.05) is 12.1 Å². The SMILES string of the molecule is CC(C)n1cncc1Cn1c(CN2CCC(Oc3cccc(COc4ccc(C#N)cc4F)c3)CC2)nc2c(F)cc(C(=O)O)cc21. The first kappa shape index (κ1) is 31.7. The first-order valence-corrected chi connectivity index (χ1v) is 15.4. The number of hydrogen-bond donors (Lipinski definition) is 1. The molecule has 1 N–H and O–H groups in total. The molecule has 3 heterocycles. The average Bonchev–Trinajstić information content (AvgIpc) is 3.67. The number of benzene rings is 3. The Bertz CT molecular complexity index is 1960. The van der Waals surface area contributed by atoms with Gasteiger partial charge in [0.1, 0.15) is 29.8 Å². The molecule has 0 saturated carbocycles. The van der Waals surface area contributed by atoms with Crippen LogP contribution in [0.1, 0.15) is 65.7 Å². The molecule has 0 radical (unpaired) electrons. The fourth-order valence-corrected chi connectivity index (χ4v) is 5.87. The highest BCUT2D eigenvalue weighted by Gasteiger charge is 2.25. The molecule has 242 valence electrons. The number of likely N-dealkylation sites (tertiary alicyclic amines) is 1. The van der Waals surface area contributed by atoms with E-state index >= 15 is 4.39 Å². The summed E-state index contributed by atoms with van der Waals surface area (Å²) in [5.74, 6) is -1.04. The topological polar surface area (TPSA) is 118 Å². The van der Waals surface area contributed by atoms with Crippen molar-refractivity contribution in [3.63, 3.8) is 0 Å². The Morgan fingerprint density at radius 1 is 1.09 bits per heavy atom. The van der Waals surface area contributed by atoms with Crippen LogP contribution >= 0.6 is 0 Å². The van der Waals surface area contributed by atoms with E-state index in [0.29, 0.717) is 30.2 Å². The second kappa shape index (κ2) is 13.6. The number of piperidine rings is 1. The van der Waals surface area contributed by atoms with Gasteiger partial charge in [-0.25, -0.2) is 23.5 Å². The molecule has 0 bridgehead atoms. The summed E-state index contributed by atoms with van der Waals surface area (Å²) in [6, 6.07) is 16.1. The maximum absolute atomic E-state index is 15.1. The molecule has 0 amide bonds. The molecular formula is C35H34F2N6O4. The van der Waals surface area contributed by atoms with Crippen molar-refractivity contribution in [2.45, 2.75) is 58.5 Å². The van der Waals surface area contributed by atoms with E-state index in [0.717, 1.165) is 49.3 Å². The maximum Gasteiger partial charge on any atom is 0.335 e. The first-order chi connectivity index (χ1) is 22.7. The number of ether oxygens (including phenoxy) is 2. The molecule has 0 unspecified atom stereocenters. The van der Waals surface area contributed by atoms with Gasteiger partial charge in [0.2, 0.25) is 0 Å². The second-order valence-electron chi connectivity index (χ2n) is 11.9. The Hall–Kier alpha value is -5.28. The van der Waals surface area contributed by atoms with E-state index in [1.807, 2.05) is 39.5 Å². The van der Waals surface area contributed by atoms with Gasteiger partial charge in [0.25, 0.3) is 0 Å². The molecule has 6 rings (SSSR count). The third-order valence-corrected chi connectivity index (χ3v) is 8.31. The van der Waals surface area contributed by atoms with Crippen LogP contribution in [0.4, 0.5) is 8.78 Å². The van der Waals surface area contributed by atoms with Crippen molar-refractivity contribution < 1.29 is 28.2 Å². The van der Waals surface area contributed by atoms with Crippen LogP contribution in [0, 0.1) is 23.0 Å². The van der Waals surface area contributed by atoms with Crippen molar-refractivity contribution in [3.8, 4) is 17.6 Å². The van der Waals surface area contributed by atoms with Crippen LogP contribution in [0.5, 0.6) is 11.5 Å². The Balaban J connectivity index is 1.12. The van der Waals surface area contributed by atoms with Crippen molar-refractivity contribution >= 4 is 17.0 Å². The monoisotopic (exact) mass is 640 g/mol. The molecule has 1 aliphatic heterocycles. The van der Waals surface area contributed by atoms with Crippen LogP contribution in [-0.2, 0) is 19.7 Å². The molecule has 0 spiro atoms. The Morgan fingerprint density at radius 2 is 1.89 bits per heavy atom. The van der Waals surface area contributed by atoms with Crippen molar-refractivity contribution in [2.24, 2.45) is 0 Å². The molecule has 1 fully saturated rings. The number of nitrogens with zero attached hydrogens (tertiary/aromatic N) is 6. The number of carboxylic acids is 1. The highest BCUT2D eigenvalue weighted by molar-refractivity contribution is 5.92. The van der Waals surface area contributed by atoms with Gasteiger partial charge in [-0.05, 0) is 74.7 Å². The standard InChI is InChI=1S/C35H34F2N6O4/c1-22(2)43-21-39-17-26(43)18-42-31-15-25(35(44)45)14-30(37)34(31)40-33(42)19-41-10-8-27(9-11-41)47-28-5-3-4-24(12-28)20-46-32-7-6-23(16-38)13-29(32)36/h3-7,12-15,17,21-22,27H,8-11,18-20H2,1-2H3,(H,44,45). The number of rotatable bonds is 11. The fourth-order valence-electron chi connectivity index (χ4n) is 5.87. The average molecular weight is 641 g/mol. The lowest BCUT2D eigenvalue weighted by Crippen LogP contribution is -2.38. The molecule has 1 aliphatic rings. The van der Waals surface area contributed by atoms with Gasteiger partial charge in [0.05, 0.1) is 47.8 Å². The largest absolute Gasteiger partial charge is 0.490 e. The molecule has 5 aromatic rings. The van der Waals surface area contributed by atoms with E-state index in [2.05, 4.69) is 28.7 Å². The van der Waals surface area contributed by atoms with E-state index in [1.165, 1.54) is 18.2 Å². The lowest BCUT2D eigenvalue weighted by Gasteiger charge is -2.32. The number of nitriles is 1. The van der Waals surface area contributed by atoms with Gasteiger partial charge in [0, 0.05) is 25.3 Å². The molecule has 47 heavy (non-hydrogen) atoms. The number of carbonyl (C=O) groups is 1. The van der Waals surface area contributed by atoms with Gasteiger partial charge in [-0.15, -0.1) is 0 Å². The van der Waals surface area contributed by atoms with Gasteiger partial charge in [0.15, 0.2) is 17.4 Å². The molecule has 12 heteroatoms. The Labute approximate surface area is 270 Å². The van der Waals surface area contributed by atoms with E-state index in [-0.39, 0.29) is 41.1 Å². The van der Waals surface area contributed by atoms with Crippen LogP contribution in [0.3, 0.4) is 0 Å². The van der Waals surface area contributed by atoms with Crippen LogP contribution in [0.25, 0.3) is 11.0 Å². The summed E-state index contributed by atoms with van der Waals surface area (Å²) in [5.41, 5.74) is 2.40. The highest BCUT2D eigenvalue weighted by atomic mass is 19.1. The third kappa shape index (κ3) is 7.10. The molecule has 0 atom stereocenters. The number of hydrogen-bond acceptors (Lipinski definition) is 7. The highest BCUT2D eigenvalue weighted by Crippen LogP contribution is 2.27. The van der Waals surface area contributed by atoms with Gasteiger partial charge in [-0.2, -0.15) is 5.26 Å². The molecule has 1 saturated heterocycles. The summed E-state index contributed by atoms with van der Waals surface area (Å²) in [5, 5.41) is 18.5. The van der Waals surface area contributed by atoms with Crippen LogP contribution in [-0.4, -0.2) is 54.3 Å². The van der Waals surface area contributed by atoms with Crippen molar-refractivity contribution in [2.75, 3.05) is 13.1 Å². The zero-order chi connectivity index (χ0) is 33.1. The van der Waals surface area contributed by atoms with Crippen molar-refractivity contribution in [1.29, 1.82) is 5.26 Å². The van der Waals surface area contributed by atoms with Gasteiger partial charge >= 0.3 is 5.97 Å². The number of halogens is 2. The molecular weight excluding hydrogens is 606 g/mol. The van der Waals surface area contributed by atoms with Crippen LogP contribution in [0.15, 0.2) is 67.1 Å². The van der Waals surface area contributed by atoms with Gasteiger partial charge < -0.3 is 23.7 Å². The van der Waals surface area contributed by atoms with E-state index in [4.69, 9.17) is 14.7 Å². The number of imidazole rings is 2. The minimum atomic E-state index is -1.20. The first-order valence-electron chi connectivity index (χ1n) is 15.4. The van der Waals surface area contributed by atoms with Crippen LogP contribution in [0.2, 0.25) is 0 Å². The lowest BCUT2D eigenvalue weighted by atomic mass is 10.1. The smallest absolute Gasteiger partial charge is 0.335 e. The van der Waals surface area contributed by atoms with E-state index < -0.39 is 17.6 Å². The maximum atomic E-state index is 15.1. The minimum Gasteiger partial charge on any atom is -0.490 e. The zero-order valence-corrected chi connectivity index (χ0v) is 26.1. The summed E-state index contributed by atoms with van der Waals surface area (Å²) in [6.07, 6.45) is 5.02. The molecule has 0 aliphatic carbocycles. The van der Waals surface area contributed by atoms with E-state index in [9.17, 15) is 14.3 Å². The number of carboxylic acid groups (broad SMARTS) is 1. The second-order valence-corrected chi connectivity index (χ2v) is 11.9. The molecule has 10 nitrogen and oxygen atoms in total. The van der Waals surface area contributed by atoms with E-state index in [1.54, 1.807) is 12.5 Å². The number of fused-ring (bicyclic) bond motifs is 1. The Morgan fingerprint density at radius 3 is 2.62 bits per heavy atom. The summed E-state index contributed by atoms with van der Waals surface area (Å²) >= 11 is 0. The summed E-state index contributed by atoms with van der Waals surface area (Å²) in [7, 11) is 0. The number of aromatic nitrogens is 4. The Kier molecular flexibility index (Phi) is 9.17. The third-order valence-electron chi connectivity index (χ3n) is 8.31. The van der Waals surface area contributed by atoms with Crippen molar-refractivity contribution in [3.05, 3.63) is 107 Å².